The van der Waals surface area contributed by atoms with Crippen molar-refractivity contribution in [2.24, 2.45) is 11.1 Å². The molecular weight excluding hydrogens is 273 g/mol. The van der Waals surface area contributed by atoms with E-state index < -0.39 is 5.82 Å². The van der Waals surface area contributed by atoms with E-state index in [1.807, 2.05) is 6.92 Å². The zero-order valence-corrected chi connectivity index (χ0v) is 12.3. The van der Waals surface area contributed by atoms with Crippen LogP contribution in [0.5, 0.6) is 0 Å². The number of carbonyl (C=O) groups excluding carboxylic acids is 2. The van der Waals surface area contributed by atoms with Crippen molar-refractivity contribution in [3.05, 3.63) is 29.6 Å². The van der Waals surface area contributed by atoms with Crippen molar-refractivity contribution in [1.29, 1.82) is 0 Å². The van der Waals surface area contributed by atoms with Crippen LogP contribution in [0.4, 0.5) is 10.1 Å². The number of likely N-dealkylation sites (tertiary alicyclic amines) is 1. The molecule has 1 saturated heterocycles. The lowest BCUT2D eigenvalue weighted by molar-refractivity contribution is -0.114. The number of benzene rings is 1. The van der Waals surface area contributed by atoms with E-state index in [2.05, 4.69) is 5.32 Å². The first-order chi connectivity index (χ1) is 9.84. The Balaban J connectivity index is 2.18. The van der Waals surface area contributed by atoms with Gasteiger partial charge in [0.15, 0.2) is 0 Å². The third-order valence-corrected chi connectivity index (χ3v) is 3.86. The van der Waals surface area contributed by atoms with Crippen LogP contribution in [-0.2, 0) is 4.79 Å². The highest BCUT2D eigenvalue weighted by Crippen LogP contribution is 2.30. The SMILES string of the molecule is CC(=O)Nc1cc(C(=O)N2CCC(C)(CN)C2)ccc1F. The third kappa shape index (κ3) is 3.39. The van der Waals surface area contributed by atoms with Gasteiger partial charge in [0.1, 0.15) is 5.82 Å². The predicted molar refractivity (Wildman–Crippen MR) is 78.4 cm³/mol. The molecule has 1 unspecified atom stereocenters. The maximum atomic E-state index is 13.6. The van der Waals surface area contributed by atoms with Crippen molar-refractivity contribution in [3.8, 4) is 0 Å². The first kappa shape index (κ1) is 15.4. The number of nitrogens with two attached hydrogens (primary N) is 1. The van der Waals surface area contributed by atoms with E-state index in [9.17, 15) is 14.0 Å². The molecule has 2 rings (SSSR count). The second kappa shape index (κ2) is 5.81. The molecule has 1 aliphatic rings. The van der Waals surface area contributed by atoms with Crippen molar-refractivity contribution >= 4 is 17.5 Å². The number of carbonyl (C=O) groups is 2. The van der Waals surface area contributed by atoms with Crippen molar-refractivity contribution < 1.29 is 14.0 Å². The van der Waals surface area contributed by atoms with Gasteiger partial charge in [-0.2, -0.15) is 0 Å². The molecule has 1 aliphatic heterocycles. The summed E-state index contributed by atoms with van der Waals surface area (Å²) in [5.41, 5.74) is 6.06. The molecule has 3 N–H and O–H groups in total. The topological polar surface area (TPSA) is 75.4 Å². The molecule has 1 aromatic rings. The summed E-state index contributed by atoms with van der Waals surface area (Å²) in [7, 11) is 0. The first-order valence-electron chi connectivity index (χ1n) is 6.91. The molecule has 5 nitrogen and oxygen atoms in total. The number of nitrogens with zero attached hydrogens (tertiary/aromatic N) is 1. The van der Waals surface area contributed by atoms with Crippen LogP contribution in [0.3, 0.4) is 0 Å². The van der Waals surface area contributed by atoms with E-state index in [0.717, 1.165) is 6.42 Å². The van der Waals surface area contributed by atoms with Gasteiger partial charge >= 0.3 is 0 Å². The summed E-state index contributed by atoms with van der Waals surface area (Å²) in [5, 5.41) is 2.38. The Bertz CT molecular complexity index is 576. The Hall–Kier alpha value is -1.95. The number of nitrogens with one attached hydrogen (secondary N) is 1. The molecule has 114 valence electrons. The van der Waals surface area contributed by atoms with E-state index in [1.165, 1.54) is 25.1 Å². The summed E-state index contributed by atoms with van der Waals surface area (Å²) >= 11 is 0. The van der Waals surface area contributed by atoms with Crippen LogP contribution in [0.2, 0.25) is 0 Å². The molecule has 0 saturated carbocycles. The summed E-state index contributed by atoms with van der Waals surface area (Å²) in [6.45, 7) is 5.10. The molecule has 1 aromatic carbocycles. The van der Waals surface area contributed by atoms with Crippen molar-refractivity contribution in [3.63, 3.8) is 0 Å². The minimum atomic E-state index is -0.560. The molecule has 21 heavy (non-hydrogen) atoms. The third-order valence-electron chi connectivity index (χ3n) is 3.86. The highest BCUT2D eigenvalue weighted by atomic mass is 19.1. The highest BCUT2D eigenvalue weighted by molar-refractivity contribution is 5.97. The Labute approximate surface area is 123 Å². The summed E-state index contributed by atoms with van der Waals surface area (Å²) in [6.07, 6.45) is 0.856. The molecule has 0 aromatic heterocycles. The molecule has 1 heterocycles. The van der Waals surface area contributed by atoms with Gasteiger partial charge in [-0.3, -0.25) is 9.59 Å². The van der Waals surface area contributed by atoms with Crippen LogP contribution < -0.4 is 11.1 Å². The minimum absolute atomic E-state index is 0.0223. The lowest BCUT2D eigenvalue weighted by atomic mass is 9.90. The van der Waals surface area contributed by atoms with Crippen LogP contribution in [0, 0.1) is 11.2 Å². The van der Waals surface area contributed by atoms with Gasteiger partial charge in [-0.15, -0.1) is 0 Å². The summed E-state index contributed by atoms with van der Waals surface area (Å²) in [6, 6.07) is 4.00. The molecule has 1 atom stereocenters. The molecule has 1 fully saturated rings. The van der Waals surface area contributed by atoms with Crippen molar-refractivity contribution in [2.75, 3.05) is 25.0 Å². The number of anilines is 1. The number of halogens is 1. The van der Waals surface area contributed by atoms with Gasteiger partial charge < -0.3 is 16.0 Å². The largest absolute Gasteiger partial charge is 0.338 e. The summed E-state index contributed by atoms with van der Waals surface area (Å²) < 4.78 is 13.6. The van der Waals surface area contributed by atoms with Crippen LogP contribution >= 0.6 is 0 Å². The average Bonchev–Trinajstić information content (AvgIpc) is 2.83. The van der Waals surface area contributed by atoms with Gasteiger partial charge in [0.05, 0.1) is 5.69 Å². The van der Waals surface area contributed by atoms with Gasteiger partial charge in [-0.05, 0) is 36.6 Å². The second-order valence-electron chi connectivity index (χ2n) is 5.87. The quantitative estimate of drug-likeness (QED) is 0.888. The number of hydrogen-bond acceptors (Lipinski definition) is 3. The molecule has 0 spiro atoms. The first-order valence-corrected chi connectivity index (χ1v) is 6.91. The maximum absolute atomic E-state index is 13.6. The van der Waals surface area contributed by atoms with Crippen molar-refractivity contribution in [2.45, 2.75) is 20.3 Å². The normalized spacial score (nSPS) is 21.4. The Morgan fingerprint density at radius 2 is 2.19 bits per heavy atom. The second-order valence-corrected chi connectivity index (χ2v) is 5.87. The van der Waals surface area contributed by atoms with E-state index >= 15 is 0 Å². The van der Waals surface area contributed by atoms with E-state index in [-0.39, 0.29) is 22.9 Å². The fraction of sp³-hybridized carbons (Fsp3) is 0.467. The lowest BCUT2D eigenvalue weighted by Gasteiger charge is -2.22. The van der Waals surface area contributed by atoms with Crippen LogP contribution in [0.15, 0.2) is 18.2 Å². The zero-order valence-electron chi connectivity index (χ0n) is 12.3. The minimum Gasteiger partial charge on any atom is -0.338 e. The monoisotopic (exact) mass is 293 g/mol. The predicted octanol–water partition coefficient (Wildman–Crippen LogP) is 1.59. The molecule has 2 amide bonds. The van der Waals surface area contributed by atoms with E-state index in [0.29, 0.717) is 25.2 Å². The van der Waals surface area contributed by atoms with Gasteiger partial charge in [0, 0.05) is 25.6 Å². The number of amides is 2. The van der Waals surface area contributed by atoms with Crippen LogP contribution in [0.25, 0.3) is 0 Å². The molecule has 6 heteroatoms. The number of hydrogen-bond donors (Lipinski definition) is 2. The average molecular weight is 293 g/mol. The van der Waals surface area contributed by atoms with Gasteiger partial charge in [0.2, 0.25) is 5.91 Å². The van der Waals surface area contributed by atoms with E-state index in [4.69, 9.17) is 5.73 Å². The smallest absolute Gasteiger partial charge is 0.253 e. The Morgan fingerprint density at radius 3 is 2.76 bits per heavy atom. The summed E-state index contributed by atoms with van der Waals surface area (Å²) in [5.74, 6) is -1.11. The fourth-order valence-electron chi connectivity index (χ4n) is 2.49. The Kier molecular flexibility index (Phi) is 4.27. The van der Waals surface area contributed by atoms with Crippen LogP contribution in [0.1, 0.15) is 30.6 Å². The van der Waals surface area contributed by atoms with Gasteiger partial charge in [-0.25, -0.2) is 4.39 Å². The zero-order chi connectivity index (χ0) is 15.6. The molecular formula is C15H20FN3O2. The summed E-state index contributed by atoms with van der Waals surface area (Å²) in [4.78, 5) is 25.2. The van der Waals surface area contributed by atoms with Crippen LogP contribution in [-0.4, -0.2) is 36.3 Å². The molecule has 0 aliphatic carbocycles. The highest BCUT2D eigenvalue weighted by Gasteiger charge is 2.35. The van der Waals surface area contributed by atoms with E-state index in [1.54, 1.807) is 4.90 Å². The Morgan fingerprint density at radius 1 is 1.48 bits per heavy atom. The molecule has 0 radical (unpaired) electrons. The lowest BCUT2D eigenvalue weighted by Crippen LogP contribution is -2.34. The molecule has 0 bridgehead atoms. The maximum Gasteiger partial charge on any atom is 0.253 e. The number of rotatable bonds is 3. The standard InChI is InChI=1S/C15H20FN3O2/c1-10(20)18-13-7-11(3-4-12(13)16)14(21)19-6-5-15(2,8-17)9-19/h3-4,7H,5-6,8-9,17H2,1-2H3,(H,18,20). The van der Waals surface area contributed by atoms with Gasteiger partial charge in [0.25, 0.3) is 5.91 Å². The van der Waals surface area contributed by atoms with Gasteiger partial charge in [-0.1, -0.05) is 6.92 Å². The van der Waals surface area contributed by atoms with Crippen molar-refractivity contribution in [1.82, 2.24) is 4.90 Å². The fourth-order valence-corrected chi connectivity index (χ4v) is 2.49.